The highest BCUT2D eigenvalue weighted by Gasteiger charge is 2.15. The molecule has 2 N–H and O–H groups in total. The molecule has 6 heteroatoms. The van der Waals surface area contributed by atoms with E-state index in [1.165, 1.54) is 6.92 Å². The van der Waals surface area contributed by atoms with E-state index >= 15 is 0 Å². The van der Waals surface area contributed by atoms with Crippen LogP contribution < -0.4 is 5.32 Å². The van der Waals surface area contributed by atoms with Crippen molar-refractivity contribution < 1.29 is 14.7 Å². The monoisotopic (exact) mass is 355 g/mol. The van der Waals surface area contributed by atoms with E-state index in [1.807, 2.05) is 25.1 Å². The van der Waals surface area contributed by atoms with Crippen LogP contribution in [0.3, 0.4) is 0 Å². The standard InChI is InChI=1S/C20H25N3O3/c1-15(24)17-7-5-8-18(13-17)21-20(26)23(11-10-22(2)3)14-16-6-4-9-19(25)12-16/h4-9,12-13,25H,10-11,14H2,1-3H3,(H,21,26). The fraction of sp³-hybridized carbons (Fsp3) is 0.300. The number of nitrogens with zero attached hydrogens (tertiary/aromatic N) is 2. The molecule has 0 aromatic heterocycles. The smallest absolute Gasteiger partial charge is 0.322 e. The first kappa shape index (κ1) is 19.5. The summed E-state index contributed by atoms with van der Waals surface area (Å²) in [4.78, 5) is 27.9. The van der Waals surface area contributed by atoms with Gasteiger partial charge in [-0.3, -0.25) is 4.79 Å². The van der Waals surface area contributed by atoms with Crippen molar-refractivity contribution in [2.45, 2.75) is 13.5 Å². The van der Waals surface area contributed by atoms with Crippen molar-refractivity contribution in [3.05, 3.63) is 59.7 Å². The summed E-state index contributed by atoms with van der Waals surface area (Å²) in [7, 11) is 3.89. The summed E-state index contributed by atoms with van der Waals surface area (Å²) >= 11 is 0. The molecule has 0 spiro atoms. The van der Waals surface area contributed by atoms with Gasteiger partial charge in [-0.05, 0) is 50.8 Å². The molecule has 0 atom stereocenters. The van der Waals surface area contributed by atoms with Crippen molar-refractivity contribution in [1.29, 1.82) is 0 Å². The zero-order valence-electron chi connectivity index (χ0n) is 15.4. The number of ketones is 1. The van der Waals surface area contributed by atoms with E-state index in [9.17, 15) is 14.7 Å². The second-order valence-corrected chi connectivity index (χ2v) is 6.46. The van der Waals surface area contributed by atoms with Gasteiger partial charge in [-0.2, -0.15) is 0 Å². The fourth-order valence-electron chi connectivity index (χ4n) is 2.47. The summed E-state index contributed by atoms with van der Waals surface area (Å²) in [6.07, 6.45) is 0. The van der Waals surface area contributed by atoms with Crippen molar-refractivity contribution in [3.63, 3.8) is 0 Å². The average molecular weight is 355 g/mol. The lowest BCUT2D eigenvalue weighted by Crippen LogP contribution is -2.39. The molecule has 0 aliphatic heterocycles. The summed E-state index contributed by atoms with van der Waals surface area (Å²) in [5.74, 6) is 0.120. The van der Waals surface area contributed by atoms with E-state index in [2.05, 4.69) is 5.32 Å². The lowest BCUT2D eigenvalue weighted by atomic mass is 10.1. The number of carbonyl (C=O) groups is 2. The van der Waals surface area contributed by atoms with Crippen molar-refractivity contribution in [2.75, 3.05) is 32.5 Å². The van der Waals surface area contributed by atoms with Gasteiger partial charge in [0.2, 0.25) is 0 Å². The quantitative estimate of drug-likeness (QED) is 0.748. The number of Topliss-reactive ketones (excluding diaryl/α,β-unsaturated/α-hetero) is 1. The largest absolute Gasteiger partial charge is 0.508 e. The third kappa shape index (κ3) is 5.89. The number of hydrogen-bond acceptors (Lipinski definition) is 4. The molecule has 2 aromatic rings. The Morgan fingerprint density at radius 2 is 1.77 bits per heavy atom. The first-order chi connectivity index (χ1) is 12.3. The molecule has 0 saturated heterocycles. The number of hydrogen-bond donors (Lipinski definition) is 2. The first-order valence-electron chi connectivity index (χ1n) is 8.44. The van der Waals surface area contributed by atoms with Gasteiger partial charge in [-0.1, -0.05) is 24.3 Å². The maximum absolute atomic E-state index is 12.7. The van der Waals surface area contributed by atoms with Gasteiger partial charge in [-0.15, -0.1) is 0 Å². The summed E-state index contributed by atoms with van der Waals surface area (Å²) in [5, 5.41) is 12.5. The topological polar surface area (TPSA) is 72.9 Å². The predicted molar refractivity (Wildman–Crippen MR) is 103 cm³/mol. The summed E-state index contributed by atoms with van der Waals surface area (Å²) in [6.45, 7) is 3.10. The molecule has 0 radical (unpaired) electrons. The zero-order valence-corrected chi connectivity index (χ0v) is 15.4. The van der Waals surface area contributed by atoms with Gasteiger partial charge in [0.05, 0.1) is 0 Å². The minimum absolute atomic E-state index is 0.0506. The molecule has 0 unspecified atom stereocenters. The number of amides is 2. The molecule has 0 heterocycles. The van der Waals surface area contributed by atoms with E-state index in [4.69, 9.17) is 0 Å². The van der Waals surface area contributed by atoms with E-state index in [-0.39, 0.29) is 17.6 Å². The molecule has 6 nitrogen and oxygen atoms in total. The molecule has 0 fully saturated rings. The maximum Gasteiger partial charge on any atom is 0.322 e. The van der Waals surface area contributed by atoms with Gasteiger partial charge in [0.25, 0.3) is 0 Å². The molecular weight excluding hydrogens is 330 g/mol. The Balaban J connectivity index is 2.14. The van der Waals surface area contributed by atoms with Gasteiger partial charge in [-0.25, -0.2) is 4.79 Å². The number of rotatable bonds is 7. The van der Waals surface area contributed by atoms with Gasteiger partial charge in [0.1, 0.15) is 5.75 Å². The highest BCUT2D eigenvalue weighted by Crippen LogP contribution is 2.15. The lowest BCUT2D eigenvalue weighted by Gasteiger charge is -2.25. The number of phenols is 1. The van der Waals surface area contributed by atoms with Crippen LogP contribution in [0.15, 0.2) is 48.5 Å². The normalized spacial score (nSPS) is 10.6. The highest BCUT2D eigenvalue weighted by molar-refractivity contribution is 5.96. The van der Waals surface area contributed by atoms with E-state index in [0.717, 1.165) is 5.56 Å². The third-order valence-electron chi connectivity index (χ3n) is 3.91. The molecule has 0 aliphatic rings. The van der Waals surface area contributed by atoms with Crippen LogP contribution >= 0.6 is 0 Å². The molecule has 2 rings (SSSR count). The maximum atomic E-state index is 12.7. The summed E-state index contributed by atoms with van der Waals surface area (Å²) in [6, 6.07) is 13.5. The van der Waals surface area contributed by atoms with Crippen molar-refractivity contribution in [1.82, 2.24) is 9.80 Å². The Labute approximate surface area is 154 Å². The van der Waals surface area contributed by atoms with Crippen LogP contribution in [-0.2, 0) is 6.54 Å². The summed E-state index contributed by atoms with van der Waals surface area (Å²) < 4.78 is 0. The molecule has 0 aliphatic carbocycles. The molecular formula is C20H25N3O3. The number of carbonyl (C=O) groups excluding carboxylic acids is 2. The van der Waals surface area contributed by atoms with E-state index < -0.39 is 0 Å². The third-order valence-corrected chi connectivity index (χ3v) is 3.91. The van der Waals surface area contributed by atoms with Crippen LogP contribution in [0, 0.1) is 0 Å². The first-order valence-corrected chi connectivity index (χ1v) is 8.44. The molecule has 0 bridgehead atoms. The SMILES string of the molecule is CC(=O)c1cccc(NC(=O)N(CCN(C)C)Cc2cccc(O)c2)c1. The van der Waals surface area contributed by atoms with Crippen LogP contribution in [0.1, 0.15) is 22.8 Å². The average Bonchev–Trinajstić information content (AvgIpc) is 2.58. The number of likely N-dealkylation sites (N-methyl/N-ethyl adjacent to an activating group) is 1. The molecule has 2 aromatic carbocycles. The lowest BCUT2D eigenvalue weighted by molar-refractivity contribution is 0.101. The van der Waals surface area contributed by atoms with Crippen LogP contribution in [0.2, 0.25) is 0 Å². The fourth-order valence-corrected chi connectivity index (χ4v) is 2.47. The number of urea groups is 1. The molecule has 2 amide bonds. The number of anilines is 1. The Morgan fingerprint density at radius 3 is 2.42 bits per heavy atom. The number of phenolic OH excluding ortho intramolecular Hbond substituents is 1. The van der Waals surface area contributed by atoms with Gasteiger partial charge >= 0.3 is 6.03 Å². The molecule has 26 heavy (non-hydrogen) atoms. The molecule has 0 saturated carbocycles. The highest BCUT2D eigenvalue weighted by atomic mass is 16.3. The van der Waals surface area contributed by atoms with Crippen LogP contribution in [0.25, 0.3) is 0 Å². The Hall–Kier alpha value is -2.86. The van der Waals surface area contributed by atoms with Crippen molar-refractivity contribution in [3.8, 4) is 5.75 Å². The zero-order chi connectivity index (χ0) is 19.1. The van der Waals surface area contributed by atoms with Gasteiger partial charge in [0.15, 0.2) is 5.78 Å². The second-order valence-electron chi connectivity index (χ2n) is 6.46. The van der Waals surface area contributed by atoms with Crippen LogP contribution in [-0.4, -0.2) is 53.9 Å². The minimum Gasteiger partial charge on any atom is -0.508 e. The number of aromatic hydroxyl groups is 1. The van der Waals surface area contributed by atoms with Gasteiger partial charge < -0.3 is 20.2 Å². The van der Waals surface area contributed by atoms with E-state index in [0.29, 0.717) is 30.9 Å². The van der Waals surface area contributed by atoms with E-state index in [1.54, 1.807) is 47.4 Å². The Bertz CT molecular complexity index is 774. The second kappa shape index (κ2) is 9.01. The van der Waals surface area contributed by atoms with Gasteiger partial charge in [0, 0.05) is 30.9 Å². The minimum atomic E-state index is -0.254. The number of nitrogens with one attached hydrogen (secondary N) is 1. The predicted octanol–water partition coefficient (Wildman–Crippen LogP) is 3.19. The number of benzene rings is 2. The Morgan fingerprint density at radius 1 is 1.04 bits per heavy atom. The summed E-state index contributed by atoms with van der Waals surface area (Å²) in [5.41, 5.74) is 1.97. The van der Waals surface area contributed by atoms with Crippen LogP contribution in [0.4, 0.5) is 10.5 Å². The van der Waals surface area contributed by atoms with Crippen molar-refractivity contribution >= 4 is 17.5 Å². The Kier molecular flexibility index (Phi) is 6.74. The van der Waals surface area contributed by atoms with Crippen molar-refractivity contribution in [2.24, 2.45) is 0 Å². The van der Waals surface area contributed by atoms with Crippen LogP contribution in [0.5, 0.6) is 5.75 Å². The molecule has 138 valence electrons.